The van der Waals surface area contributed by atoms with E-state index in [0.717, 1.165) is 46.1 Å². The second kappa shape index (κ2) is 20.5. The van der Waals surface area contributed by atoms with Gasteiger partial charge in [0.05, 0.1) is 33.0 Å². The summed E-state index contributed by atoms with van der Waals surface area (Å²) in [6.07, 6.45) is -0.893. The SMILES string of the molecule is CCc1ccc(Cc2cc([C@@H]3O[C@H](COCc4ccccc4)[C@@H](OCc4ccccc4)[C@H](OCc4ccccc4)[C@H]3OCc3ccccc3)c(C=O)cc2Cl)cc1. The van der Waals surface area contributed by atoms with Gasteiger partial charge in [0, 0.05) is 10.6 Å². The first-order chi connectivity index (χ1) is 28.1. The van der Waals surface area contributed by atoms with Crippen molar-refractivity contribution in [3.8, 4) is 0 Å². The smallest absolute Gasteiger partial charge is 0.150 e. The van der Waals surface area contributed by atoms with Crippen LogP contribution in [0.2, 0.25) is 5.02 Å². The summed E-state index contributed by atoms with van der Waals surface area (Å²) in [6.45, 7) is 3.67. The molecule has 0 N–H and O–H groups in total. The minimum atomic E-state index is -0.741. The molecule has 0 saturated carbocycles. The fraction of sp³-hybridized carbons (Fsp3) is 0.260. The summed E-state index contributed by atoms with van der Waals surface area (Å²) in [6, 6.07) is 52.5. The van der Waals surface area contributed by atoms with E-state index in [0.29, 0.717) is 42.4 Å². The average Bonchev–Trinajstić information content (AvgIpc) is 3.26. The Hall–Kier alpha value is -4.92. The highest BCUT2D eigenvalue weighted by Crippen LogP contribution is 2.41. The standard InChI is InChI=1S/C50H49ClO6/c1-2-36-23-25-37(26-24-36)27-42-28-44(43(30-52)29-45(42)51)47-49(55-33-40-19-11-5-12-20-40)50(56-34-41-21-13-6-14-22-41)48(54-32-39-17-9-4-10-18-39)46(57-47)35-53-31-38-15-7-3-8-16-38/h3-26,28-30,46-50H,2,27,31-35H2,1H3/t46-,47+,48-,49+,50+/m1/s1. The molecule has 0 amide bonds. The lowest BCUT2D eigenvalue weighted by Gasteiger charge is -2.46. The van der Waals surface area contributed by atoms with E-state index in [1.807, 2.05) is 127 Å². The third-order valence-electron chi connectivity index (χ3n) is 10.4. The molecule has 1 aliphatic heterocycles. The molecule has 1 saturated heterocycles. The van der Waals surface area contributed by atoms with Crippen LogP contribution in [0.5, 0.6) is 0 Å². The van der Waals surface area contributed by atoms with Crippen LogP contribution in [0, 0.1) is 0 Å². The number of hydrogen-bond acceptors (Lipinski definition) is 6. The number of carbonyl (C=O) groups excluding carboxylic acids is 1. The molecule has 1 heterocycles. The second-order valence-corrected chi connectivity index (χ2v) is 14.8. The Balaban J connectivity index is 1.30. The maximum atomic E-state index is 12.9. The van der Waals surface area contributed by atoms with Gasteiger partial charge in [-0.3, -0.25) is 4.79 Å². The van der Waals surface area contributed by atoms with Crippen molar-refractivity contribution >= 4 is 17.9 Å². The van der Waals surface area contributed by atoms with Crippen molar-refractivity contribution in [1.29, 1.82) is 0 Å². The Labute approximate surface area is 341 Å². The molecule has 6 aromatic carbocycles. The minimum Gasteiger partial charge on any atom is -0.374 e. The van der Waals surface area contributed by atoms with E-state index in [1.54, 1.807) is 6.07 Å². The quantitative estimate of drug-likeness (QED) is 0.0810. The predicted molar refractivity (Wildman–Crippen MR) is 224 cm³/mol. The van der Waals surface area contributed by atoms with Crippen LogP contribution in [0.4, 0.5) is 0 Å². The fourth-order valence-electron chi connectivity index (χ4n) is 7.29. The Bertz CT molecular complexity index is 2110. The van der Waals surface area contributed by atoms with Crippen molar-refractivity contribution in [3.05, 3.63) is 213 Å². The molecule has 1 fully saturated rings. The van der Waals surface area contributed by atoms with Crippen LogP contribution >= 0.6 is 11.6 Å². The van der Waals surface area contributed by atoms with Gasteiger partial charge in [0.2, 0.25) is 0 Å². The lowest BCUT2D eigenvalue weighted by atomic mass is 9.87. The van der Waals surface area contributed by atoms with Crippen LogP contribution in [-0.4, -0.2) is 37.3 Å². The van der Waals surface area contributed by atoms with Crippen molar-refractivity contribution in [2.45, 2.75) is 76.7 Å². The molecule has 57 heavy (non-hydrogen) atoms. The molecule has 0 bridgehead atoms. The Morgan fingerprint density at radius 1 is 0.561 bits per heavy atom. The largest absolute Gasteiger partial charge is 0.374 e. The maximum Gasteiger partial charge on any atom is 0.150 e. The summed E-state index contributed by atoms with van der Waals surface area (Å²) in [4.78, 5) is 12.9. The van der Waals surface area contributed by atoms with Gasteiger partial charge < -0.3 is 23.7 Å². The van der Waals surface area contributed by atoms with E-state index in [2.05, 4.69) is 31.2 Å². The molecule has 5 atom stereocenters. The van der Waals surface area contributed by atoms with Gasteiger partial charge in [-0.05, 0) is 63.4 Å². The van der Waals surface area contributed by atoms with Crippen LogP contribution < -0.4 is 0 Å². The fourth-order valence-corrected chi connectivity index (χ4v) is 7.53. The highest BCUT2D eigenvalue weighted by atomic mass is 35.5. The van der Waals surface area contributed by atoms with Crippen molar-refractivity contribution in [1.82, 2.24) is 0 Å². The maximum absolute atomic E-state index is 12.9. The molecule has 0 spiro atoms. The summed E-state index contributed by atoms with van der Waals surface area (Å²) in [5.41, 5.74) is 8.44. The molecule has 0 aliphatic carbocycles. The van der Waals surface area contributed by atoms with Gasteiger partial charge in [-0.2, -0.15) is 0 Å². The van der Waals surface area contributed by atoms with E-state index in [9.17, 15) is 4.79 Å². The van der Waals surface area contributed by atoms with Crippen LogP contribution in [0.3, 0.4) is 0 Å². The monoisotopic (exact) mass is 780 g/mol. The molecular formula is C50H49ClO6. The summed E-state index contributed by atoms with van der Waals surface area (Å²) < 4.78 is 34.3. The number of benzene rings is 6. The molecule has 0 radical (unpaired) electrons. The highest BCUT2D eigenvalue weighted by molar-refractivity contribution is 6.31. The van der Waals surface area contributed by atoms with E-state index >= 15 is 0 Å². The lowest BCUT2D eigenvalue weighted by molar-refractivity contribution is -0.275. The van der Waals surface area contributed by atoms with Gasteiger partial charge in [-0.25, -0.2) is 0 Å². The van der Waals surface area contributed by atoms with E-state index in [-0.39, 0.29) is 13.2 Å². The molecule has 6 aromatic rings. The molecule has 1 aliphatic rings. The predicted octanol–water partition coefficient (Wildman–Crippen LogP) is 10.7. The topological polar surface area (TPSA) is 63.2 Å². The normalized spacial score (nSPS) is 19.3. The van der Waals surface area contributed by atoms with Crippen LogP contribution in [0.15, 0.2) is 158 Å². The van der Waals surface area contributed by atoms with Gasteiger partial charge in [-0.15, -0.1) is 0 Å². The van der Waals surface area contributed by atoms with E-state index < -0.39 is 30.5 Å². The molecule has 292 valence electrons. The second-order valence-electron chi connectivity index (χ2n) is 14.4. The highest BCUT2D eigenvalue weighted by Gasteiger charge is 2.49. The van der Waals surface area contributed by atoms with Crippen LogP contribution in [0.25, 0.3) is 0 Å². The molecular weight excluding hydrogens is 732 g/mol. The van der Waals surface area contributed by atoms with E-state index in [1.165, 1.54) is 5.56 Å². The first-order valence-electron chi connectivity index (χ1n) is 19.7. The third kappa shape index (κ3) is 10.9. The van der Waals surface area contributed by atoms with E-state index in [4.69, 9.17) is 35.3 Å². The number of rotatable bonds is 18. The van der Waals surface area contributed by atoms with Gasteiger partial charge in [-0.1, -0.05) is 170 Å². The molecule has 6 nitrogen and oxygen atoms in total. The van der Waals surface area contributed by atoms with Crippen molar-refractivity contribution in [2.24, 2.45) is 0 Å². The number of ether oxygens (including phenoxy) is 5. The minimum absolute atomic E-state index is 0.210. The molecule has 7 heteroatoms. The third-order valence-corrected chi connectivity index (χ3v) is 10.7. The Morgan fingerprint density at radius 3 is 1.54 bits per heavy atom. The summed E-state index contributed by atoms with van der Waals surface area (Å²) in [5, 5.41) is 0.515. The van der Waals surface area contributed by atoms with Gasteiger partial charge in [0.15, 0.2) is 0 Å². The summed E-state index contributed by atoms with van der Waals surface area (Å²) >= 11 is 6.93. The van der Waals surface area contributed by atoms with Crippen LogP contribution in [0.1, 0.15) is 67.9 Å². The Morgan fingerprint density at radius 2 is 1.04 bits per heavy atom. The molecule has 0 aromatic heterocycles. The Kier molecular flexibility index (Phi) is 14.5. The first kappa shape index (κ1) is 40.3. The van der Waals surface area contributed by atoms with Crippen molar-refractivity contribution < 1.29 is 28.5 Å². The van der Waals surface area contributed by atoms with Crippen LogP contribution in [-0.2, 0) is 63.0 Å². The van der Waals surface area contributed by atoms with Crippen molar-refractivity contribution in [2.75, 3.05) is 6.61 Å². The molecule has 0 unspecified atom stereocenters. The zero-order valence-corrected chi connectivity index (χ0v) is 33.0. The number of aldehydes is 1. The van der Waals surface area contributed by atoms with Gasteiger partial charge in [0.25, 0.3) is 0 Å². The zero-order chi connectivity index (χ0) is 39.2. The van der Waals surface area contributed by atoms with Gasteiger partial charge >= 0.3 is 0 Å². The number of hydrogen-bond donors (Lipinski definition) is 0. The molecule has 7 rings (SSSR count). The lowest BCUT2D eigenvalue weighted by Crippen LogP contribution is -2.58. The zero-order valence-electron chi connectivity index (χ0n) is 32.3. The number of halogens is 1. The van der Waals surface area contributed by atoms with Crippen molar-refractivity contribution in [3.63, 3.8) is 0 Å². The summed E-state index contributed by atoms with van der Waals surface area (Å²) in [5.74, 6) is 0. The van der Waals surface area contributed by atoms with Gasteiger partial charge in [0.1, 0.15) is 36.8 Å². The first-order valence-corrected chi connectivity index (χ1v) is 20.0. The average molecular weight is 781 g/mol. The number of carbonyl (C=O) groups is 1. The number of aryl methyl sites for hydroxylation is 1. The summed E-state index contributed by atoms with van der Waals surface area (Å²) in [7, 11) is 0.